The number of rotatable bonds is 5. The summed E-state index contributed by atoms with van der Waals surface area (Å²) >= 11 is 0. The van der Waals surface area contributed by atoms with Crippen molar-refractivity contribution in [3.8, 4) is 0 Å². The molecule has 2 aliphatic heterocycles. The fourth-order valence-corrected chi connectivity index (χ4v) is 3.42. The van der Waals surface area contributed by atoms with Crippen LogP contribution in [0.5, 0.6) is 0 Å². The Balaban J connectivity index is 1.47. The number of ether oxygens (including phenoxy) is 1. The molecule has 0 saturated carbocycles. The number of hydrogen-bond donors (Lipinski definition) is 1. The van der Waals surface area contributed by atoms with Crippen molar-refractivity contribution in [1.29, 1.82) is 0 Å². The number of amides is 2. The van der Waals surface area contributed by atoms with Crippen LogP contribution in [0.2, 0.25) is 0 Å². The van der Waals surface area contributed by atoms with Crippen molar-refractivity contribution < 1.29 is 19.2 Å². The summed E-state index contributed by atoms with van der Waals surface area (Å²) in [5.74, 6) is -0.210. The number of carbonyl (C=O) groups is 2. The molecule has 2 amide bonds. The van der Waals surface area contributed by atoms with Crippen LogP contribution < -0.4 is 5.32 Å². The zero-order chi connectivity index (χ0) is 18.5. The highest BCUT2D eigenvalue weighted by molar-refractivity contribution is 5.94. The average Bonchev–Trinajstić information content (AvgIpc) is 3.19. The summed E-state index contributed by atoms with van der Waals surface area (Å²) in [6, 6.07) is 5.61. The van der Waals surface area contributed by atoms with E-state index >= 15 is 0 Å². The van der Waals surface area contributed by atoms with Crippen LogP contribution >= 0.6 is 0 Å². The maximum absolute atomic E-state index is 12.5. The van der Waals surface area contributed by atoms with Crippen molar-refractivity contribution >= 4 is 17.5 Å². The highest BCUT2D eigenvalue weighted by atomic mass is 16.6. The van der Waals surface area contributed by atoms with E-state index in [0.29, 0.717) is 38.0 Å². The first-order valence-electron chi connectivity index (χ1n) is 8.97. The van der Waals surface area contributed by atoms with Gasteiger partial charge in [-0.15, -0.1) is 0 Å². The Morgan fingerprint density at radius 3 is 2.46 bits per heavy atom. The minimum atomic E-state index is -0.491. The standard InChI is InChI=1S/C18H23N3O5/c22-17(19-12-16-2-1-11-26-16)13-7-9-20(10-8-13)18(23)14-3-5-15(6-4-14)21(24)25/h3-6,13,16H,1-2,7-12H2,(H,19,22)/t16-/m1/s1. The molecule has 1 atom stereocenters. The lowest BCUT2D eigenvalue weighted by Gasteiger charge is -2.31. The molecule has 1 N–H and O–H groups in total. The third-order valence-electron chi connectivity index (χ3n) is 5.01. The number of likely N-dealkylation sites (tertiary alicyclic amines) is 1. The molecule has 0 aliphatic carbocycles. The van der Waals surface area contributed by atoms with E-state index in [4.69, 9.17) is 4.74 Å². The van der Waals surface area contributed by atoms with E-state index in [1.165, 1.54) is 24.3 Å². The van der Waals surface area contributed by atoms with Crippen LogP contribution in [0.25, 0.3) is 0 Å². The van der Waals surface area contributed by atoms with E-state index in [1.807, 2.05) is 0 Å². The summed E-state index contributed by atoms with van der Waals surface area (Å²) in [5.41, 5.74) is 0.389. The summed E-state index contributed by atoms with van der Waals surface area (Å²) in [7, 11) is 0. The molecule has 8 nitrogen and oxygen atoms in total. The summed E-state index contributed by atoms with van der Waals surface area (Å²) in [5, 5.41) is 13.6. The molecular formula is C18H23N3O5. The Bertz CT molecular complexity index is 662. The molecule has 1 aromatic carbocycles. The molecule has 2 saturated heterocycles. The minimum absolute atomic E-state index is 0.0305. The zero-order valence-electron chi connectivity index (χ0n) is 14.6. The number of non-ortho nitro benzene ring substituents is 1. The molecule has 0 bridgehead atoms. The molecule has 140 valence electrons. The van der Waals surface area contributed by atoms with Gasteiger partial charge in [-0.1, -0.05) is 0 Å². The molecule has 2 fully saturated rings. The van der Waals surface area contributed by atoms with Gasteiger partial charge in [-0.25, -0.2) is 0 Å². The van der Waals surface area contributed by atoms with Crippen LogP contribution in [0.4, 0.5) is 5.69 Å². The first-order chi connectivity index (χ1) is 12.5. The predicted octanol–water partition coefficient (Wildman–Crippen LogP) is 1.74. The zero-order valence-corrected chi connectivity index (χ0v) is 14.6. The number of nitrogens with one attached hydrogen (secondary N) is 1. The molecule has 8 heteroatoms. The van der Waals surface area contributed by atoms with Crippen molar-refractivity contribution in [2.45, 2.75) is 31.8 Å². The first kappa shape index (κ1) is 18.3. The van der Waals surface area contributed by atoms with Gasteiger partial charge in [0.05, 0.1) is 11.0 Å². The number of nitro groups is 1. The summed E-state index contributed by atoms with van der Waals surface area (Å²) in [4.78, 5) is 36.7. The van der Waals surface area contributed by atoms with E-state index in [-0.39, 0.29) is 29.5 Å². The highest BCUT2D eigenvalue weighted by Gasteiger charge is 2.28. The normalized spacial score (nSPS) is 20.8. The van der Waals surface area contributed by atoms with Crippen LogP contribution in [0.15, 0.2) is 24.3 Å². The lowest BCUT2D eigenvalue weighted by Crippen LogP contribution is -2.44. The lowest BCUT2D eigenvalue weighted by molar-refractivity contribution is -0.384. The van der Waals surface area contributed by atoms with E-state index in [0.717, 1.165) is 19.4 Å². The Kier molecular flexibility index (Phi) is 5.82. The average molecular weight is 361 g/mol. The summed E-state index contributed by atoms with van der Waals surface area (Å²) in [6.07, 6.45) is 3.40. The number of benzene rings is 1. The van der Waals surface area contributed by atoms with Crippen molar-refractivity contribution in [2.75, 3.05) is 26.2 Å². The molecular weight excluding hydrogens is 338 g/mol. The molecule has 2 aliphatic rings. The maximum Gasteiger partial charge on any atom is 0.269 e. The van der Waals surface area contributed by atoms with Crippen LogP contribution in [-0.2, 0) is 9.53 Å². The second kappa shape index (κ2) is 8.27. The largest absolute Gasteiger partial charge is 0.376 e. The number of hydrogen-bond acceptors (Lipinski definition) is 5. The Morgan fingerprint density at radius 1 is 1.19 bits per heavy atom. The Morgan fingerprint density at radius 2 is 1.88 bits per heavy atom. The molecule has 3 rings (SSSR count). The number of piperidine rings is 1. The summed E-state index contributed by atoms with van der Waals surface area (Å²) in [6.45, 7) is 2.34. The van der Waals surface area contributed by atoms with Gasteiger partial charge in [0.2, 0.25) is 5.91 Å². The molecule has 2 heterocycles. The van der Waals surface area contributed by atoms with E-state index < -0.39 is 4.92 Å². The molecule has 0 radical (unpaired) electrons. The number of nitrogens with zero attached hydrogens (tertiary/aromatic N) is 2. The Hall–Kier alpha value is -2.48. The Labute approximate surface area is 151 Å². The molecule has 1 aromatic rings. The highest BCUT2D eigenvalue weighted by Crippen LogP contribution is 2.21. The van der Waals surface area contributed by atoms with Crippen LogP contribution in [0.3, 0.4) is 0 Å². The molecule has 0 unspecified atom stereocenters. The van der Waals surface area contributed by atoms with Gasteiger partial charge in [-0.05, 0) is 37.8 Å². The minimum Gasteiger partial charge on any atom is -0.376 e. The van der Waals surface area contributed by atoms with Crippen molar-refractivity contribution in [1.82, 2.24) is 10.2 Å². The molecule has 0 aromatic heterocycles. The second-order valence-electron chi connectivity index (χ2n) is 6.75. The fourth-order valence-electron chi connectivity index (χ4n) is 3.42. The third-order valence-corrected chi connectivity index (χ3v) is 5.01. The SMILES string of the molecule is O=C(NC[C@H]1CCCO1)C1CCN(C(=O)c2ccc([N+](=O)[O-])cc2)CC1. The van der Waals surface area contributed by atoms with Crippen LogP contribution in [0, 0.1) is 16.0 Å². The van der Waals surface area contributed by atoms with Gasteiger partial charge in [-0.3, -0.25) is 19.7 Å². The van der Waals surface area contributed by atoms with Crippen molar-refractivity contribution in [3.05, 3.63) is 39.9 Å². The van der Waals surface area contributed by atoms with Crippen LogP contribution in [-0.4, -0.2) is 54.0 Å². The molecule has 26 heavy (non-hydrogen) atoms. The van der Waals surface area contributed by atoms with Crippen molar-refractivity contribution in [3.63, 3.8) is 0 Å². The maximum atomic E-state index is 12.5. The topological polar surface area (TPSA) is 102 Å². The van der Waals surface area contributed by atoms with Gasteiger partial charge in [0.25, 0.3) is 11.6 Å². The molecule has 0 spiro atoms. The van der Waals surface area contributed by atoms with Gasteiger partial charge in [0, 0.05) is 49.9 Å². The monoisotopic (exact) mass is 361 g/mol. The van der Waals surface area contributed by atoms with Gasteiger partial charge in [0.15, 0.2) is 0 Å². The third kappa shape index (κ3) is 4.37. The van der Waals surface area contributed by atoms with Crippen LogP contribution in [0.1, 0.15) is 36.0 Å². The summed E-state index contributed by atoms with van der Waals surface area (Å²) < 4.78 is 5.50. The van der Waals surface area contributed by atoms with Gasteiger partial charge in [-0.2, -0.15) is 0 Å². The van der Waals surface area contributed by atoms with E-state index in [9.17, 15) is 19.7 Å². The first-order valence-corrected chi connectivity index (χ1v) is 8.97. The van der Waals surface area contributed by atoms with E-state index in [2.05, 4.69) is 5.32 Å². The number of carbonyl (C=O) groups excluding carboxylic acids is 2. The van der Waals surface area contributed by atoms with Crippen molar-refractivity contribution in [2.24, 2.45) is 5.92 Å². The lowest BCUT2D eigenvalue weighted by atomic mass is 9.95. The number of nitro benzene ring substituents is 1. The van der Waals surface area contributed by atoms with Gasteiger partial charge in [0.1, 0.15) is 0 Å². The predicted molar refractivity (Wildman–Crippen MR) is 93.7 cm³/mol. The van der Waals surface area contributed by atoms with Gasteiger partial charge < -0.3 is 15.0 Å². The second-order valence-corrected chi connectivity index (χ2v) is 6.75. The smallest absolute Gasteiger partial charge is 0.269 e. The quantitative estimate of drug-likeness (QED) is 0.636. The fraction of sp³-hybridized carbons (Fsp3) is 0.556. The van der Waals surface area contributed by atoms with E-state index in [1.54, 1.807) is 4.90 Å². The van der Waals surface area contributed by atoms with Gasteiger partial charge >= 0.3 is 0 Å².